The largest absolute Gasteiger partial charge is 0.493 e. The van der Waals surface area contributed by atoms with Crippen molar-refractivity contribution in [1.29, 1.82) is 0 Å². The molecule has 0 bridgehead atoms. The Labute approximate surface area is 250 Å². The summed E-state index contributed by atoms with van der Waals surface area (Å²) in [4.78, 5) is 18.2. The summed E-state index contributed by atoms with van der Waals surface area (Å²) in [5, 5.41) is 12.0. The van der Waals surface area contributed by atoms with Crippen molar-refractivity contribution in [2.24, 2.45) is 17.8 Å². The van der Waals surface area contributed by atoms with Crippen LogP contribution in [0.5, 0.6) is 11.5 Å². The van der Waals surface area contributed by atoms with Gasteiger partial charge in [-0.15, -0.1) is 0 Å². The molecule has 1 saturated heterocycles. The monoisotopic (exact) mass is 580 g/mol. The zero-order valence-corrected chi connectivity index (χ0v) is 25.9. The minimum absolute atomic E-state index is 0.0152. The van der Waals surface area contributed by atoms with Crippen LogP contribution in [0.1, 0.15) is 75.6 Å². The van der Waals surface area contributed by atoms with Crippen molar-refractivity contribution >= 4 is 17.5 Å². The Bertz CT molecular complexity index is 1250. The van der Waals surface area contributed by atoms with Crippen LogP contribution in [-0.2, 0) is 11.2 Å². The van der Waals surface area contributed by atoms with Gasteiger partial charge in [0.2, 0.25) is 5.91 Å². The third-order valence-electron chi connectivity index (χ3n) is 9.40. The van der Waals surface area contributed by atoms with E-state index in [2.05, 4.69) is 24.9 Å². The minimum atomic E-state index is -0.325. The van der Waals surface area contributed by atoms with Gasteiger partial charge in [0, 0.05) is 10.7 Å². The van der Waals surface area contributed by atoms with E-state index in [4.69, 9.17) is 21.1 Å². The van der Waals surface area contributed by atoms with E-state index < -0.39 is 0 Å². The number of carbonyl (C=O) groups excluding carboxylic acids is 1. The summed E-state index contributed by atoms with van der Waals surface area (Å²) in [6.07, 6.45) is 6.89. The van der Waals surface area contributed by atoms with Gasteiger partial charge < -0.3 is 24.4 Å². The smallest absolute Gasteiger partial charge is 0.231 e. The van der Waals surface area contributed by atoms with E-state index in [0.29, 0.717) is 28.9 Å². The summed E-state index contributed by atoms with van der Waals surface area (Å²) in [6, 6.07) is 11.5. The molecule has 1 amide bonds. The first-order valence-corrected chi connectivity index (χ1v) is 15.5. The highest BCUT2D eigenvalue weighted by molar-refractivity contribution is 6.30. The van der Waals surface area contributed by atoms with Gasteiger partial charge in [-0.25, -0.2) is 0 Å². The maximum atomic E-state index is 13.9. The van der Waals surface area contributed by atoms with E-state index in [1.54, 1.807) is 7.11 Å². The number of piperidine rings is 1. The second-order valence-electron chi connectivity index (χ2n) is 12.5. The number of likely N-dealkylation sites (tertiary alicyclic amines) is 1. The zero-order chi connectivity index (χ0) is 29.3. The molecule has 2 aromatic rings. The van der Waals surface area contributed by atoms with Crippen LogP contribution in [0, 0.1) is 17.8 Å². The van der Waals surface area contributed by atoms with Gasteiger partial charge in [0.25, 0.3) is 0 Å². The fourth-order valence-electron chi connectivity index (χ4n) is 6.99. The molecule has 0 radical (unpaired) electrons. The Morgan fingerprint density at radius 1 is 1.00 bits per heavy atom. The third kappa shape index (κ3) is 6.45. The number of halogens is 1. The summed E-state index contributed by atoms with van der Waals surface area (Å²) in [6.45, 7) is 8.44. The van der Waals surface area contributed by atoms with Crippen LogP contribution < -0.4 is 9.47 Å². The Balaban J connectivity index is 1.44. The molecule has 0 spiro atoms. The highest BCUT2D eigenvalue weighted by Crippen LogP contribution is 2.45. The molecule has 0 aromatic heterocycles. The van der Waals surface area contributed by atoms with Crippen LogP contribution in [0.25, 0.3) is 0 Å². The van der Waals surface area contributed by atoms with Crippen molar-refractivity contribution in [3.63, 3.8) is 0 Å². The molecule has 6 nitrogen and oxygen atoms in total. The SMILES string of the molecule is COc1cc2c(cc1OC(C)C)C(c1ccc(Cl)cc1)N(C1=CCC(C(O)C(C)C3CCN(C)CC3)CC1)C(=O)C2. The predicted octanol–water partition coefficient (Wildman–Crippen LogP) is 6.63. The van der Waals surface area contributed by atoms with Gasteiger partial charge in [-0.3, -0.25) is 4.79 Å². The topological polar surface area (TPSA) is 62.2 Å². The Morgan fingerprint density at radius 3 is 2.32 bits per heavy atom. The second kappa shape index (κ2) is 12.8. The second-order valence-corrected chi connectivity index (χ2v) is 12.9. The molecule has 7 heteroatoms. The average molecular weight is 581 g/mol. The lowest BCUT2D eigenvalue weighted by molar-refractivity contribution is -0.131. The number of methoxy groups -OCH3 is 1. The van der Waals surface area contributed by atoms with E-state index in [1.165, 1.54) is 0 Å². The first kappa shape index (κ1) is 29.9. The molecule has 2 aliphatic heterocycles. The number of fused-ring (bicyclic) bond motifs is 1. The van der Waals surface area contributed by atoms with Crippen LogP contribution in [0.4, 0.5) is 0 Å². The quantitative estimate of drug-likeness (QED) is 0.379. The van der Waals surface area contributed by atoms with E-state index >= 15 is 0 Å². The maximum Gasteiger partial charge on any atom is 0.231 e. The van der Waals surface area contributed by atoms with Crippen LogP contribution in [0.3, 0.4) is 0 Å². The van der Waals surface area contributed by atoms with Gasteiger partial charge in [0.1, 0.15) is 0 Å². The fourth-order valence-corrected chi connectivity index (χ4v) is 7.12. The number of hydrogen-bond acceptors (Lipinski definition) is 5. The molecular formula is C34H45ClN2O4. The summed E-state index contributed by atoms with van der Waals surface area (Å²) in [5.74, 6) is 2.45. The molecule has 3 aliphatic rings. The van der Waals surface area contributed by atoms with Crippen molar-refractivity contribution in [2.75, 3.05) is 27.2 Å². The van der Waals surface area contributed by atoms with Gasteiger partial charge in [0.15, 0.2) is 11.5 Å². The Kier molecular flexibility index (Phi) is 9.32. The minimum Gasteiger partial charge on any atom is -0.493 e. The number of hydrogen-bond donors (Lipinski definition) is 1. The molecule has 1 aliphatic carbocycles. The van der Waals surface area contributed by atoms with E-state index in [0.717, 1.165) is 67.6 Å². The lowest BCUT2D eigenvalue weighted by Crippen LogP contribution is -2.42. The average Bonchev–Trinajstić information content (AvgIpc) is 2.96. The van der Waals surface area contributed by atoms with Gasteiger partial charge in [-0.1, -0.05) is 36.7 Å². The van der Waals surface area contributed by atoms with Crippen molar-refractivity contribution in [1.82, 2.24) is 9.80 Å². The molecule has 4 unspecified atom stereocenters. The van der Waals surface area contributed by atoms with Crippen LogP contribution in [0.15, 0.2) is 48.2 Å². The Morgan fingerprint density at radius 2 is 1.71 bits per heavy atom. The molecule has 1 fully saturated rings. The lowest BCUT2D eigenvalue weighted by atomic mass is 9.75. The molecule has 0 saturated carbocycles. The number of aliphatic hydroxyl groups excluding tert-OH is 1. The van der Waals surface area contributed by atoms with E-state index in [-0.39, 0.29) is 36.0 Å². The molecule has 41 heavy (non-hydrogen) atoms. The molecule has 222 valence electrons. The molecular weight excluding hydrogens is 536 g/mol. The van der Waals surface area contributed by atoms with Crippen molar-refractivity contribution in [3.8, 4) is 11.5 Å². The summed E-state index contributed by atoms with van der Waals surface area (Å²) in [7, 11) is 3.81. The first-order chi connectivity index (χ1) is 19.7. The number of rotatable bonds is 8. The molecule has 2 heterocycles. The van der Waals surface area contributed by atoms with Gasteiger partial charge >= 0.3 is 0 Å². The van der Waals surface area contributed by atoms with Gasteiger partial charge in [-0.2, -0.15) is 0 Å². The number of benzene rings is 2. The fraction of sp³-hybridized carbons (Fsp3) is 0.559. The summed E-state index contributed by atoms with van der Waals surface area (Å²) < 4.78 is 11.8. The lowest BCUT2D eigenvalue weighted by Gasteiger charge is -2.42. The molecule has 2 aromatic carbocycles. The number of aliphatic hydroxyl groups is 1. The third-order valence-corrected chi connectivity index (χ3v) is 9.65. The Hall–Kier alpha value is -2.54. The number of amides is 1. The van der Waals surface area contributed by atoms with Gasteiger partial charge in [-0.05, 0) is 125 Å². The normalized spacial score (nSPS) is 23.7. The number of allylic oxidation sites excluding steroid dienone is 2. The highest BCUT2D eigenvalue weighted by atomic mass is 35.5. The molecule has 1 N–H and O–H groups in total. The van der Waals surface area contributed by atoms with E-state index in [9.17, 15) is 9.90 Å². The van der Waals surface area contributed by atoms with Crippen molar-refractivity contribution in [3.05, 3.63) is 69.9 Å². The number of carbonyl (C=O) groups is 1. The molecule has 5 rings (SSSR count). The van der Waals surface area contributed by atoms with E-state index in [1.807, 2.05) is 55.1 Å². The first-order valence-electron chi connectivity index (χ1n) is 15.2. The molecule has 4 atom stereocenters. The van der Waals surface area contributed by atoms with Crippen LogP contribution in [0.2, 0.25) is 5.02 Å². The van der Waals surface area contributed by atoms with Crippen LogP contribution in [-0.4, -0.2) is 60.3 Å². The number of nitrogens with zero attached hydrogens (tertiary/aromatic N) is 2. The predicted molar refractivity (Wildman–Crippen MR) is 163 cm³/mol. The summed E-state index contributed by atoms with van der Waals surface area (Å²) >= 11 is 6.27. The zero-order valence-electron chi connectivity index (χ0n) is 25.1. The summed E-state index contributed by atoms with van der Waals surface area (Å²) in [5.41, 5.74) is 4.04. The maximum absolute atomic E-state index is 13.9. The number of ether oxygens (including phenoxy) is 2. The van der Waals surface area contributed by atoms with Crippen molar-refractivity contribution in [2.45, 2.75) is 77.5 Å². The standard InChI is InChI=1S/C34H45ClN2O4/c1-21(2)41-31-20-29-26(18-30(31)40-5)19-32(38)37(33(29)24-6-10-27(35)11-7-24)28-12-8-25(9-13-28)34(39)22(3)23-14-16-36(4)17-15-23/h6-7,10-12,18,20-23,25,33-34,39H,8-9,13-17,19H2,1-5H3. The highest BCUT2D eigenvalue weighted by Gasteiger charge is 2.39. The van der Waals surface area contributed by atoms with Crippen LogP contribution >= 0.6 is 11.6 Å². The van der Waals surface area contributed by atoms with Crippen molar-refractivity contribution < 1.29 is 19.4 Å². The van der Waals surface area contributed by atoms with Gasteiger partial charge in [0.05, 0.1) is 31.8 Å².